The summed E-state index contributed by atoms with van der Waals surface area (Å²) in [5.41, 5.74) is 7.23. The van der Waals surface area contributed by atoms with Crippen molar-refractivity contribution < 1.29 is 0 Å². The van der Waals surface area contributed by atoms with Gasteiger partial charge in [0.15, 0.2) is 0 Å². The topological polar surface area (TPSA) is 51.8 Å². The third kappa shape index (κ3) is 3.48. The molecule has 0 fully saturated rings. The van der Waals surface area contributed by atoms with E-state index in [1.54, 1.807) is 11.8 Å². The average Bonchev–Trinajstić information content (AvgIpc) is 2.35. The largest absolute Gasteiger partial charge is 0.383 e. The molecule has 2 N–H and O–H groups in total. The van der Waals surface area contributed by atoms with Gasteiger partial charge in [-0.05, 0) is 39.0 Å². The lowest BCUT2D eigenvalue weighted by Gasteiger charge is -2.19. The van der Waals surface area contributed by atoms with Crippen LogP contribution in [0, 0.1) is 0 Å². The summed E-state index contributed by atoms with van der Waals surface area (Å²) in [6, 6.07) is 8.52. The fourth-order valence-corrected chi connectivity index (χ4v) is 2.81. The smallest absolute Gasteiger partial charge is 0.142 e. The van der Waals surface area contributed by atoms with Crippen LogP contribution >= 0.6 is 27.7 Å². The van der Waals surface area contributed by atoms with Gasteiger partial charge in [0.2, 0.25) is 0 Å². The highest BCUT2D eigenvalue weighted by Gasteiger charge is 2.13. The van der Waals surface area contributed by atoms with Crippen molar-refractivity contribution in [1.82, 2.24) is 9.97 Å². The number of rotatable bonds is 2. The van der Waals surface area contributed by atoms with Crippen LogP contribution in [0.3, 0.4) is 0 Å². The summed E-state index contributed by atoms with van der Waals surface area (Å²) >= 11 is 4.98. The zero-order chi connectivity index (χ0) is 14.0. The monoisotopic (exact) mass is 337 g/mol. The lowest BCUT2D eigenvalue weighted by molar-refractivity contribution is 0.590. The van der Waals surface area contributed by atoms with Crippen LogP contribution in [0.1, 0.15) is 26.3 Å². The van der Waals surface area contributed by atoms with E-state index in [0.717, 1.165) is 14.4 Å². The maximum atomic E-state index is 5.74. The molecular formula is C14H16BrN3S. The molecule has 0 saturated heterocycles. The van der Waals surface area contributed by atoms with Gasteiger partial charge in [-0.3, -0.25) is 0 Å². The Bertz CT molecular complexity index is 576. The molecule has 0 saturated carbocycles. The van der Waals surface area contributed by atoms with Crippen molar-refractivity contribution in [2.45, 2.75) is 36.1 Å². The van der Waals surface area contributed by atoms with Gasteiger partial charge in [0.1, 0.15) is 17.2 Å². The van der Waals surface area contributed by atoms with Crippen LogP contribution in [0.15, 0.2) is 45.0 Å². The lowest BCUT2D eigenvalue weighted by atomic mass is 9.87. The molecule has 2 aromatic rings. The van der Waals surface area contributed by atoms with Crippen molar-refractivity contribution in [3.05, 3.63) is 40.6 Å². The number of nitrogens with zero attached hydrogens (tertiary/aromatic N) is 2. The number of anilines is 1. The predicted octanol–water partition coefficient (Wildman–Crippen LogP) is 4.27. The molecule has 0 aliphatic carbocycles. The van der Waals surface area contributed by atoms with Gasteiger partial charge in [-0.1, -0.05) is 44.7 Å². The van der Waals surface area contributed by atoms with Crippen molar-refractivity contribution in [1.29, 1.82) is 0 Å². The molecule has 0 aliphatic heterocycles. The molecule has 2 rings (SSSR count). The van der Waals surface area contributed by atoms with Gasteiger partial charge < -0.3 is 5.73 Å². The molecule has 3 nitrogen and oxygen atoms in total. The van der Waals surface area contributed by atoms with Gasteiger partial charge >= 0.3 is 0 Å². The van der Waals surface area contributed by atoms with Gasteiger partial charge in [-0.25, -0.2) is 9.97 Å². The van der Waals surface area contributed by atoms with E-state index < -0.39 is 0 Å². The van der Waals surface area contributed by atoms with Crippen LogP contribution in [0.4, 0.5) is 5.82 Å². The van der Waals surface area contributed by atoms with Crippen LogP contribution in [-0.2, 0) is 5.41 Å². The van der Waals surface area contributed by atoms with Crippen LogP contribution in [0.25, 0.3) is 0 Å². The minimum Gasteiger partial charge on any atom is -0.383 e. The highest BCUT2D eigenvalue weighted by Crippen LogP contribution is 2.34. The Balaban J connectivity index is 2.23. The molecule has 1 heterocycles. The Hall–Kier alpha value is -1.07. The summed E-state index contributed by atoms with van der Waals surface area (Å²) in [6.45, 7) is 6.62. The molecule has 1 aromatic heterocycles. The van der Waals surface area contributed by atoms with E-state index in [0.29, 0.717) is 5.82 Å². The molecule has 0 aliphatic rings. The van der Waals surface area contributed by atoms with Crippen LogP contribution in [0.2, 0.25) is 0 Å². The summed E-state index contributed by atoms with van der Waals surface area (Å²) in [5, 5.41) is 0.830. The molecule has 0 spiro atoms. The molecule has 0 atom stereocenters. The number of halogens is 1. The number of benzene rings is 1. The molecule has 19 heavy (non-hydrogen) atoms. The Labute approximate surface area is 126 Å². The van der Waals surface area contributed by atoms with E-state index >= 15 is 0 Å². The van der Waals surface area contributed by atoms with Crippen molar-refractivity contribution in [3.8, 4) is 0 Å². The third-order valence-electron chi connectivity index (χ3n) is 2.72. The SMILES string of the molecule is CC(C)(C)c1ccc(Sc2ncnc(N)c2Br)cc1. The number of hydrogen-bond donors (Lipinski definition) is 1. The summed E-state index contributed by atoms with van der Waals surface area (Å²) in [4.78, 5) is 9.30. The zero-order valence-electron chi connectivity index (χ0n) is 11.1. The molecule has 0 unspecified atom stereocenters. The van der Waals surface area contributed by atoms with Crippen LogP contribution in [-0.4, -0.2) is 9.97 Å². The Morgan fingerprint density at radius 1 is 1.11 bits per heavy atom. The van der Waals surface area contributed by atoms with Gasteiger partial charge in [0, 0.05) is 4.90 Å². The molecule has 100 valence electrons. The van der Waals surface area contributed by atoms with Crippen LogP contribution < -0.4 is 5.73 Å². The third-order valence-corrected chi connectivity index (χ3v) is 4.77. The first-order valence-corrected chi connectivity index (χ1v) is 7.53. The highest BCUT2D eigenvalue weighted by molar-refractivity contribution is 9.10. The van der Waals surface area contributed by atoms with E-state index in [1.807, 2.05) is 0 Å². The lowest BCUT2D eigenvalue weighted by Crippen LogP contribution is -2.10. The summed E-state index contributed by atoms with van der Waals surface area (Å²) in [7, 11) is 0. The second-order valence-electron chi connectivity index (χ2n) is 5.25. The average molecular weight is 338 g/mol. The molecule has 1 aromatic carbocycles. The van der Waals surface area contributed by atoms with Crippen molar-refractivity contribution in [3.63, 3.8) is 0 Å². The zero-order valence-corrected chi connectivity index (χ0v) is 13.5. The molecule has 0 amide bonds. The Morgan fingerprint density at radius 3 is 2.32 bits per heavy atom. The summed E-state index contributed by atoms with van der Waals surface area (Å²) in [6.07, 6.45) is 1.48. The van der Waals surface area contributed by atoms with Crippen molar-refractivity contribution in [2.24, 2.45) is 0 Å². The first-order valence-electron chi connectivity index (χ1n) is 5.92. The number of aromatic nitrogens is 2. The molecule has 0 radical (unpaired) electrons. The fourth-order valence-electron chi connectivity index (χ4n) is 1.57. The summed E-state index contributed by atoms with van der Waals surface area (Å²) < 4.78 is 0.750. The molecule has 5 heteroatoms. The maximum absolute atomic E-state index is 5.74. The Morgan fingerprint density at radius 2 is 1.74 bits per heavy atom. The number of nitrogen functional groups attached to an aromatic ring is 1. The number of nitrogens with two attached hydrogens (primary N) is 1. The normalized spacial score (nSPS) is 11.6. The van der Waals surface area contributed by atoms with Crippen LogP contribution in [0.5, 0.6) is 0 Å². The van der Waals surface area contributed by atoms with Gasteiger partial charge in [0.25, 0.3) is 0 Å². The van der Waals surface area contributed by atoms with Gasteiger partial charge in [0.05, 0.1) is 4.47 Å². The number of hydrogen-bond acceptors (Lipinski definition) is 4. The van der Waals surface area contributed by atoms with E-state index in [9.17, 15) is 0 Å². The van der Waals surface area contributed by atoms with E-state index in [4.69, 9.17) is 5.73 Å². The summed E-state index contributed by atoms with van der Waals surface area (Å²) in [5.74, 6) is 0.462. The van der Waals surface area contributed by atoms with Gasteiger partial charge in [-0.15, -0.1) is 0 Å². The predicted molar refractivity (Wildman–Crippen MR) is 83.4 cm³/mol. The fraction of sp³-hybridized carbons (Fsp3) is 0.286. The maximum Gasteiger partial charge on any atom is 0.142 e. The quantitative estimate of drug-likeness (QED) is 0.831. The standard InChI is InChI=1S/C14H16BrN3S/c1-14(2,3)9-4-6-10(7-5-9)19-13-11(15)12(16)17-8-18-13/h4-8H,1-3H3,(H2,16,17,18). The second-order valence-corrected chi connectivity index (χ2v) is 7.11. The molecular weight excluding hydrogens is 322 g/mol. The molecule has 0 bridgehead atoms. The Kier molecular flexibility index (Phi) is 4.16. The van der Waals surface area contributed by atoms with Crippen molar-refractivity contribution in [2.75, 3.05) is 5.73 Å². The minimum absolute atomic E-state index is 0.170. The minimum atomic E-state index is 0.170. The second kappa shape index (κ2) is 5.51. The van der Waals surface area contributed by atoms with Gasteiger partial charge in [-0.2, -0.15) is 0 Å². The van der Waals surface area contributed by atoms with Crippen molar-refractivity contribution >= 4 is 33.5 Å². The highest BCUT2D eigenvalue weighted by atomic mass is 79.9. The van der Waals surface area contributed by atoms with E-state index in [1.165, 1.54) is 11.9 Å². The first kappa shape index (κ1) is 14.3. The van der Waals surface area contributed by atoms with E-state index in [-0.39, 0.29) is 5.41 Å². The van der Waals surface area contributed by atoms with E-state index in [2.05, 4.69) is 70.9 Å². The first-order chi connectivity index (χ1) is 8.88.